The lowest BCUT2D eigenvalue weighted by Gasteiger charge is -2.15. The van der Waals surface area contributed by atoms with Gasteiger partial charge in [0.15, 0.2) is 0 Å². The molecule has 1 atom stereocenters. The summed E-state index contributed by atoms with van der Waals surface area (Å²) in [5.41, 5.74) is 0.662. The maximum absolute atomic E-state index is 11.8. The molecule has 0 aromatic heterocycles. The van der Waals surface area contributed by atoms with Crippen molar-refractivity contribution in [2.45, 2.75) is 19.1 Å². The number of nitrogens with one attached hydrogen (secondary N) is 1. The van der Waals surface area contributed by atoms with Gasteiger partial charge in [0, 0.05) is 8.95 Å². The predicted octanol–water partition coefficient (Wildman–Crippen LogP) is 3.99. The standard InChI is InChI=1S/C13H15Br2NO3S/c1-7(2)12(13(18)19)20-6-11(17)16-10-4-3-8(14)5-9(10)15/h3-5,7,12H,6H2,1-2H3,(H,16,17)(H,18,19). The molecule has 7 heteroatoms. The fourth-order valence-corrected chi connectivity index (χ4v) is 3.57. The summed E-state index contributed by atoms with van der Waals surface area (Å²) in [7, 11) is 0. The fourth-order valence-electron chi connectivity index (χ4n) is 1.49. The Morgan fingerprint density at radius 2 is 2.00 bits per heavy atom. The Morgan fingerprint density at radius 3 is 2.50 bits per heavy atom. The molecule has 1 amide bonds. The highest BCUT2D eigenvalue weighted by molar-refractivity contribution is 9.11. The first-order chi connectivity index (χ1) is 9.31. The number of rotatable bonds is 6. The number of halogens is 2. The smallest absolute Gasteiger partial charge is 0.316 e. The Morgan fingerprint density at radius 1 is 1.35 bits per heavy atom. The molecule has 0 saturated heterocycles. The van der Waals surface area contributed by atoms with E-state index in [0.29, 0.717) is 5.69 Å². The number of carbonyl (C=O) groups excluding carboxylic acids is 1. The van der Waals surface area contributed by atoms with Gasteiger partial charge in [0.25, 0.3) is 0 Å². The van der Waals surface area contributed by atoms with Crippen molar-refractivity contribution < 1.29 is 14.7 Å². The van der Waals surface area contributed by atoms with Gasteiger partial charge >= 0.3 is 5.97 Å². The lowest BCUT2D eigenvalue weighted by Crippen LogP contribution is -2.25. The van der Waals surface area contributed by atoms with E-state index in [2.05, 4.69) is 37.2 Å². The second kappa shape index (κ2) is 8.05. The molecule has 0 aliphatic carbocycles. The molecular weight excluding hydrogens is 410 g/mol. The highest BCUT2D eigenvalue weighted by Gasteiger charge is 2.23. The van der Waals surface area contributed by atoms with Crippen LogP contribution in [0.2, 0.25) is 0 Å². The van der Waals surface area contributed by atoms with Gasteiger partial charge < -0.3 is 10.4 Å². The van der Waals surface area contributed by atoms with Crippen LogP contribution in [-0.4, -0.2) is 28.0 Å². The molecule has 0 aliphatic heterocycles. The van der Waals surface area contributed by atoms with Gasteiger partial charge in [-0.25, -0.2) is 0 Å². The molecule has 1 unspecified atom stereocenters. The van der Waals surface area contributed by atoms with Gasteiger partial charge in [0.05, 0.1) is 11.4 Å². The van der Waals surface area contributed by atoms with Crippen molar-refractivity contribution in [2.24, 2.45) is 5.92 Å². The number of carboxylic acids is 1. The average molecular weight is 425 g/mol. The number of aliphatic carboxylic acids is 1. The Hall–Kier alpha value is -0.530. The molecule has 1 aromatic rings. The summed E-state index contributed by atoms with van der Waals surface area (Å²) in [5, 5.41) is 11.2. The highest BCUT2D eigenvalue weighted by atomic mass is 79.9. The highest BCUT2D eigenvalue weighted by Crippen LogP contribution is 2.26. The zero-order valence-corrected chi connectivity index (χ0v) is 15.0. The third-order valence-corrected chi connectivity index (χ3v) is 5.13. The van der Waals surface area contributed by atoms with Crippen LogP contribution in [0.1, 0.15) is 13.8 Å². The van der Waals surface area contributed by atoms with E-state index in [0.717, 1.165) is 20.7 Å². The second-order valence-electron chi connectivity index (χ2n) is 4.49. The van der Waals surface area contributed by atoms with Crippen molar-refractivity contribution in [3.63, 3.8) is 0 Å². The third-order valence-electron chi connectivity index (χ3n) is 2.45. The van der Waals surface area contributed by atoms with Gasteiger partial charge in [-0.2, -0.15) is 0 Å². The maximum Gasteiger partial charge on any atom is 0.316 e. The Balaban J connectivity index is 2.57. The summed E-state index contributed by atoms with van der Waals surface area (Å²) >= 11 is 7.83. The molecule has 110 valence electrons. The van der Waals surface area contributed by atoms with Crippen LogP contribution >= 0.6 is 43.6 Å². The van der Waals surface area contributed by atoms with Gasteiger partial charge in [0.2, 0.25) is 5.91 Å². The molecule has 0 saturated carbocycles. The van der Waals surface area contributed by atoms with Crippen LogP contribution in [0.4, 0.5) is 5.69 Å². The topological polar surface area (TPSA) is 66.4 Å². The van der Waals surface area contributed by atoms with Crippen molar-refractivity contribution in [3.05, 3.63) is 27.1 Å². The lowest BCUT2D eigenvalue weighted by atomic mass is 10.1. The van der Waals surface area contributed by atoms with E-state index in [1.165, 1.54) is 0 Å². The number of carbonyl (C=O) groups is 2. The zero-order chi connectivity index (χ0) is 15.3. The van der Waals surface area contributed by atoms with Crippen molar-refractivity contribution >= 4 is 61.2 Å². The molecular formula is C13H15Br2NO3S. The number of hydrogen-bond acceptors (Lipinski definition) is 3. The average Bonchev–Trinajstić information content (AvgIpc) is 2.32. The van der Waals surface area contributed by atoms with Crippen LogP contribution in [0.15, 0.2) is 27.1 Å². The number of anilines is 1. The minimum absolute atomic E-state index is 0.0234. The van der Waals surface area contributed by atoms with E-state index in [1.54, 1.807) is 6.07 Å². The van der Waals surface area contributed by atoms with E-state index < -0.39 is 11.2 Å². The minimum atomic E-state index is -0.886. The molecule has 0 spiro atoms. The van der Waals surface area contributed by atoms with Gasteiger partial charge in [0.1, 0.15) is 5.25 Å². The Labute approximate surface area is 139 Å². The van der Waals surface area contributed by atoms with Crippen LogP contribution in [0.5, 0.6) is 0 Å². The molecule has 1 rings (SSSR count). The molecule has 0 aliphatic rings. The SMILES string of the molecule is CC(C)C(SCC(=O)Nc1ccc(Br)cc1Br)C(=O)O. The lowest BCUT2D eigenvalue weighted by molar-refractivity contribution is -0.137. The van der Waals surface area contributed by atoms with Gasteiger partial charge in [-0.15, -0.1) is 11.8 Å². The van der Waals surface area contributed by atoms with Crippen molar-refractivity contribution in [2.75, 3.05) is 11.1 Å². The van der Waals surface area contributed by atoms with Crippen molar-refractivity contribution in [3.8, 4) is 0 Å². The zero-order valence-electron chi connectivity index (χ0n) is 11.0. The number of amides is 1. The minimum Gasteiger partial charge on any atom is -0.480 e. The van der Waals surface area contributed by atoms with Crippen LogP contribution in [0, 0.1) is 5.92 Å². The van der Waals surface area contributed by atoms with E-state index in [1.807, 2.05) is 26.0 Å². The second-order valence-corrected chi connectivity index (χ2v) is 7.39. The molecule has 1 aromatic carbocycles. The van der Waals surface area contributed by atoms with E-state index in [4.69, 9.17) is 5.11 Å². The first-order valence-corrected chi connectivity index (χ1v) is 8.54. The van der Waals surface area contributed by atoms with Crippen molar-refractivity contribution in [1.82, 2.24) is 0 Å². The van der Waals surface area contributed by atoms with Crippen LogP contribution in [0.25, 0.3) is 0 Å². The normalized spacial score (nSPS) is 12.2. The Kier molecular flexibility index (Phi) is 7.05. The first-order valence-electron chi connectivity index (χ1n) is 5.90. The molecule has 2 N–H and O–H groups in total. The number of hydrogen-bond donors (Lipinski definition) is 2. The summed E-state index contributed by atoms with van der Waals surface area (Å²) in [4.78, 5) is 22.9. The van der Waals surface area contributed by atoms with E-state index >= 15 is 0 Å². The van der Waals surface area contributed by atoms with Crippen LogP contribution in [-0.2, 0) is 9.59 Å². The number of carboxylic acid groups (broad SMARTS) is 1. The molecule has 0 heterocycles. The van der Waals surface area contributed by atoms with E-state index in [9.17, 15) is 9.59 Å². The van der Waals surface area contributed by atoms with Crippen LogP contribution < -0.4 is 5.32 Å². The maximum atomic E-state index is 11.8. The summed E-state index contributed by atoms with van der Waals surface area (Å²) in [6.45, 7) is 3.66. The van der Waals surface area contributed by atoms with Crippen molar-refractivity contribution in [1.29, 1.82) is 0 Å². The largest absolute Gasteiger partial charge is 0.480 e. The molecule has 0 fully saturated rings. The molecule has 0 bridgehead atoms. The number of thioether (sulfide) groups is 1. The van der Waals surface area contributed by atoms with Crippen LogP contribution in [0.3, 0.4) is 0 Å². The Bertz CT molecular complexity index is 508. The summed E-state index contributed by atoms with van der Waals surface area (Å²) < 4.78 is 1.67. The third kappa shape index (κ3) is 5.46. The summed E-state index contributed by atoms with van der Waals surface area (Å²) in [6.07, 6.45) is 0. The first kappa shape index (κ1) is 17.5. The summed E-state index contributed by atoms with van der Waals surface area (Å²) in [5.74, 6) is -1.02. The van der Waals surface area contributed by atoms with E-state index in [-0.39, 0.29) is 17.6 Å². The van der Waals surface area contributed by atoms with Gasteiger partial charge in [-0.3, -0.25) is 9.59 Å². The van der Waals surface area contributed by atoms with Gasteiger partial charge in [-0.1, -0.05) is 29.8 Å². The predicted molar refractivity (Wildman–Crippen MR) is 89.2 cm³/mol. The van der Waals surface area contributed by atoms with Gasteiger partial charge in [-0.05, 0) is 40.0 Å². The molecule has 20 heavy (non-hydrogen) atoms. The summed E-state index contributed by atoms with van der Waals surface area (Å²) in [6, 6.07) is 5.42. The monoisotopic (exact) mass is 423 g/mol. The molecule has 4 nitrogen and oxygen atoms in total. The fraction of sp³-hybridized carbons (Fsp3) is 0.385. The molecule has 0 radical (unpaired) electrons. The quantitative estimate of drug-likeness (QED) is 0.724. The number of benzene rings is 1.